The van der Waals surface area contributed by atoms with Crippen LogP contribution in [-0.2, 0) is 17.6 Å². The minimum Gasteiger partial charge on any atom is -0.479 e. The van der Waals surface area contributed by atoms with Crippen molar-refractivity contribution in [3.05, 3.63) is 29.3 Å². The number of hydrogen-bond donors (Lipinski definition) is 1. The van der Waals surface area contributed by atoms with Gasteiger partial charge in [-0.05, 0) is 61.8 Å². The first-order valence-corrected chi connectivity index (χ1v) is 7.22. The minimum atomic E-state index is -0.869. The number of aryl methyl sites for hydroxylation is 2. The van der Waals surface area contributed by atoms with Gasteiger partial charge in [0.1, 0.15) is 5.75 Å². The maximum absolute atomic E-state index is 11.2. The molecule has 0 bridgehead atoms. The van der Waals surface area contributed by atoms with E-state index in [1.54, 1.807) is 0 Å². The van der Waals surface area contributed by atoms with E-state index in [-0.39, 0.29) is 0 Å². The number of rotatable bonds is 6. The summed E-state index contributed by atoms with van der Waals surface area (Å²) < 4.78 is 5.64. The van der Waals surface area contributed by atoms with E-state index in [9.17, 15) is 9.90 Å². The highest BCUT2D eigenvalue weighted by Gasteiger charge is 2.19. The summed E-state index contributed by atoms with van der Waals surface area (Å²) in [6, 6.07) is 6.02. The predicted molar refractivity (Wildman–Crippen MR) is 74.7 cm³/mol. The van der Waals surface area contributed by atoms with Crippen LogP contribution in [0.5, 0.6) is 5.75 Å². The fourth-order valence-corrected chi connectivity index (χ4v) is 2.57. The van der Waals surface area contributed by atoms with Gasteiger partial charge < -0.3 is 9.84 Å². The van der Waals surface area contributed by atoms with Crippen LogP contribution >= 0.6 is 0 Å². The van der Waals surface area contributed by atoms with Gasteiger partial charge >= 0.3 is 5.97 Å². The molecule has 0 fully saturated rings. The van der Waals surface area contributed by atoms with Crippen molar-refractivity contribution >= 4 is 5.97 Å². The van der Waals surface area contributed by atoms with Gasteiger partial charge in [0, 0.05) is 0 Å². The van der Waals surface area contributed by atoms with E-state index in [2.05, 4.69) is 13.0 Å². The van der Waals surface area contributed by atoms with Gasteiger partial charge in [0.15, 0.2) is 6.10 Å². The van der Waals surface area contributed by atoms with Crippen molar-refractivity contribution in [3.63, 3.8) is 0 Å². The lowest BCUT2D eigenvalue weighted by Gasteiger charge is -2.19. The molecule has 0 aromatic heterocycles. The zero-order valence-corrected chi connectivity index (χ0v) is 11.5. The van der Waals surface area contributed by atoms with Crippen LogP contribution in [0.4, 0.5) is 0 Å². The monoisotopic (exact) mass is 262 g/mol. The molecule has 3 nitrogen and oxygen atoms in total. The number of carboxylic acids is 1. The standard InChI is InChI=1S/C16H22O3/c1-2-3-8-15(16(17)18)19-14-10-9-12-6-4-5-7-13(12)11-14/h9-11,15H,2-8H2,1H3,(H,17,18). The third kappa shape index (κ3) is 3.72. The van der Waals surface area contributed by atoms with Crippen LogP contribution < -0.4 is 4.74 Å². The van der Waals surface area contributed by atoms with Crippen LogP contribution in [0, 0.1) is 0 Å². The SMILES string of the molecule is CCCCC(Oc1ccc2c(c1)CCCC2)C(=O)O. The lowest BCUT2D eigenvalue weighted by molar-refractivity contribution is -0.145. The van der Waals surface area contributed by atoms with E-state index in [1.165, 1.54) is 24.0 Å². The minimum absolute atomic E-state index is 0.572. The Bertz CT molecular complexity index is 440. The number of fused-ring (bicyclic) bond motifs is 1. The summed E-state index contributed by atoms with van der Waals surface area (Å²) in [6.07, 6.45) is 6.40. The van der Waals surface area contributed by atoms with Crippen LogP contribution in [0.15, 0.2) is 18.2 Å². The van der Waals surface area contributed by atoms with Crippen molar-refractivity contribution in [1.82, 2.24) is 0 Å². The van der Waals surface area contributed by atoms with Gasteiger partial charge in [-0.3, -0.25) is 0 Å². The number of carboxylic acid groups (broad SMARTS) is 1. The Morgan fingerprint density at radius 3 is 2.74 bits per heavy atom. The van der Waals surface area contributed by atoms with Crippen LogP contribution in [0.1, 0.15) is 50.2 Å². The molecule has 1 aliphatic rings. The molecule has 0 radical (unpaired) electrons. The van der Waals surface area contributed by atoms with E-state index in [1.807, 2.05) is 12.1 Å². The number of ether oxygens (including phenoxy) is 1. The molecule has 1 atom stereocenters. The Balaban J connectivity index is 2.06. The molecular formula is C16H22O3. The summed E-state index contributed by atoms with van der Waals surface area (Å²) >= 11 is 0. The summed E-state index contributed by atoms with van der Waals surface area (Å²) in [5, 5.41) is 9.17. The molecule has 1 aromatic rings. The van der Waals surface area contributed by atoms with Crippen LogP contribution in [0.25, 0.3) is 0 Å². The van der Waals surface area contributed by atoms with E-state index in [0.717, 1.165) is 25.7 Å². The highest BCUT2D eigenvalue weighted by atomic mass is 16.5. The Kier molecular flexibility index (Phi) is 4.83. The van der Waals surface area contributed by atoms with Crippen LogP contribution in [0.2, 0.25) is 0 Å². The number of benzene rings is 1. The Labute approximate surface area is 114 Å². The Morgan fingerprint density at radius 2 is 2.05 bits per heavy atom. The van der Waals surface area contributed by atoms with Gasteiger partial charge in [0.25, 0.3) is 0 Å². The lowest BCUT2D eigenvalue weighted by atomic mass is 9.92. The maximum Gasteiger partial charge on any atom is 0.344 e. The van der Waals surface area contributed by atoms with Gasteiger partial charge in [-0.15, -0.1) is 0 Å². The molecule has 2 rings (SSSR count). The van der Waals surface area contributed by atoms with E-state index >= 15 is 0 Å². The van der Waals surface area contributed by atoms with Gasteiger partial charge in [0.2, 0.25) is 0 Å². The largest absolute Gasteiger partial charge is 0.479 e. The second-order valence-electron chi connectivity index (χ2n) is 5.22. The molecule has 0 heterocycles. The van der Waals surface area contributed by atoms with Crippen molar-refractivity contribution in [2.24, 2.45) is 0 Å². The average molecular weight is 262 g/mol. The summed E-state index contributed by atoms with van der Waals surface area (Å²) in [7, 11) is 0. The molecule has 3 heteroatoms. The number of carbonyl (C=O) groups is 1. The van der Waals surface area contributed by atoms with Crippen molar-refractivity contribution < 1.29 is 14.6 Å². The smallest absolute Gasteiger partial charge is 0.344 e. The molecule has 104 valence electrons. The quantitative estimate of drug-likeness (QED) is 0.852. The first kappa shape index (κ1) is 13.9. The first-order valence-electron chi connectivity index (χ1n) is 7.22. The van der Waals surface area contributed by atoms with Crippen LogP contribution in [0.3, 0.4) is 0 Å². The molecule has 0 saturated carbocycles. The van der Waals surface area contributed by atoms with Crippen molar-refractivity contribution in [2.45, 2.75) is 58.0 Å². The molecule has 1 aliphatic carbocycles. The maximum atomic E-state index is 11.2. The van der Waals surface area contributed by atoms with Crippen molar-refractivity contribution in [1.29, 1.82) is 0 Å². The van der Waals surface area contributed by atoms with Gasteiger partial charge in [0.05, 0.1) is 0 Å². The average Bonchev–Trinajstić information content (AvgIpc) is 2.43. The molecule has 1 N–H and O–H groups in total. The molecule has 1 unspecified atom stereocenters. The van der Waals surface area contributed by atoms with Crippen LogP contribution in [-0.4, -0.2) is 17.2 Å². The lowest BCUT2D eigenvalue weighted by Crippen LogP contribution is -2.27. The normalized spacial score (nSPS) is 15.6. The second kappa shape index (κ2) is 6.60. The van der Waals surface area contributed by atoms with Gasteiger partial charge in [-0.25, -0.2) is 4.79 Å². The summed E-state index contributed by atoms with van der Waals surface area (Å²) in [6.45, 7) is 2.05. The van der Waals surface area contributed by atoms with E-state index < -0.39 is 12.1 Å². The van der Waals surface area contributed by atoms with Gasteiger partial charge in [-0.2, -0.15) is 0 Å². The van der Waals surface area contributed by atoms with Gasteiger partial charge in [-0.1, -0.05) is 19.4 Å². The van der Waals surface area contributed by atoms with Crippen molar-refractivity contribution in [3.8, 4) is 5.75 Å². The zero-order valence-electron chi connectivity index (χ0n) is 11.5. The van der Waals surface area contributed by atoms with Crippen molar-refractivity contribution in [2.75, 3.05) is 0 Å². The first-order chi connectivity index (χ1) is 9.20. The third-order valence-corrected chi connectivity index (χ3v) is 3.69. The van der Waals surface area contributed by atoms with E-state index in [4.69, 9.17) is 4.74 Å². The molecule has 1 aromatic carbocycles. The number of unbranched alkanes of at least 4 members (excludes halogenated alkanes) is 1. The summed E-state index contributed by atoms with van der Waals surface area (Å²) in [5.74, 6) is -0.171. The van der Waals surface area contributed by atoms with E-state index in [0.29, 0.717) is 12.2 Å². The second-order valence-corrected chi connectivity index (χ2v) is 5.22. The summed E-state index contributed by atoms with van der Waals surface area (Å²) in [5.41, 5.74) is 2.71. The fraction of sp³-hybridized carbons (Fsp3) is 0.562. The molecule has 0 aliphatic heterocycles. The highest BCUT2D eigenvalue weighted by molar-refractivity contribution is 5.72. The summed E-state index contributed by atoms with van der Waals surface area (Å²) in [4.78, 5) is 11.2. The third-order valence-electron chi connectivity index (χ3n) is 3.69. The Hall–Kier alpha value is -1.51. The highest BCUT2D eigenvalue weighted by Crippen LogP contribution is 2.26. The fourth-order valence-electron chi connectivity index (χ4n) is 2.57. The molecular weight excluding hydrogens is 240 g/mol. The number of aliphatic carboxylic acids is 1. The Morgan fingerprint density at radius 1 is 1.32 bits per heavy atom. The molecule has 0 amide bonds. The predicted octanol–water partition coefficient (Wildman–Crippen LogP) is 3.59. The molecule has 0 spiro atoms. The zero-order chi connectivity index (χ0) is 13.7. The number of hydrogen-bond acceptors (Lipinski definition) is 2. The topological polar surface area (TPSA) is 46.5 Å². The molecule has 0 saturated heterocycles. The molecule has 19 heavy (non-hydrogen) atoms.